The molecule has 2 unspecified atom stereocenters. The molecule has 3 heteroatoms. The Morgan fingerprint density at radius 3 is 2.38 bits per heavy atom. The number of hydrogen-bond donors (Lipinski definition) is 1. The molecule has 0 bridgehead atoms. The lowest BCUT2D eigenvalue weighted by atomic mass is 9.96. The fourth-order valence-corrected chi connectivity index (χ4v) is 2.69. The Balaban J connectivity index is 2.80. The van der Waals surface area contributed by atoms with E-state index < -0.39 is 5.97 Å². The molecular weight excluding hydrogens is 262 g/mol. The van der Waals surface area contributed by atoms with Gasteiger partial charge < -0.3 is 10.0 Å². The van der Waals surface area contributed by atoms with Gasteiger partial charge in [0.1, 0.15) is 0 Å². The summed E-state index contributed by atoms with van der Waals surface area (Å²) in [4.78, 5) is 13.2. The van der Waals surface area contributed by atoms with Crippen molar-refractivity contribution in [3.63, 3.8) is 0 Å². The quantitative estimate of drug-likeness (QED) is 0.686. The number of rotatable bonds is 10. The molecular formula is C18H29NO2. The van der Waals surface area contributed by atoms with E-state index in [1.165, 1.54) is 12.1 Å². The number of nitrogens with zero attached hydrogens (tertiary/aromatic N) is 1. The van der Waals surface area contributed by atoms with E-state index in [0.717, 1.165) is 19.4 Å². The van der Waals surface area contributed by atoms with Gasteiger partial charge in [-0.2, -0.15) is 0 Å². The van der Waals surface area contributed by atoms with Crippen LogP contribution in [0.15, 0.2) is 30.3 Å². The molecule has 2 atom stereocenters. The largest absolute Gasteiger partial charge is 0.481 e. The number of aliphatic carboxylic acids is 1. The second kappa shape index (κ2) is 9.43. The molecule has 0 spiro atoms. The van der Waals surface area contributed by atoms with Crippen molar-refractivity contribution in [2.24, 2.45) is 5.92 Å². The molecule has 0 aliphatic heterocycles. The normalized spacial score (nSPS) is 13.7. The maximum atomic E-state index is 10.8. The predicted octanol–water partition coefficient (Wildman–Crippen LogP) is 4.57. The van der Waals surface area contributed by atoms with Gasteiger partial charge in [-0.05, 0) is 37.3 Å². The highest BCUT2D eigenvalue weighted by atomic mass is 16.4. The van der Waals surface area contributed by atoms with Crippen LogP contribution in [0, 0.1) is 5.92 Å². The van der Waals surface area contributed by atoms with Gasteiger partial charge in [0.05, 0.1) is 0 Å². The third-order valence-electron chi connectivity index (χ3n) is 4.16. The molecule has 0 saturated heterocycles. The molecule has 0 radical (unpaired) electrons. The summed E-state index contributed by atoms with van der Waals surface area (Å²) < 4.78 is 0. The van der Waals surface area contributed by atoms with Crippen LogP contribution in [0.2, 0.25) is 0 Å². The number of carboxylic acid groups (broad SMARTS) is 1. The summed E-state index contributed by atoms with van der Waals surface area (Å²) in [6, 6.07) is 10.9. The Kier molecular flexibility index (Phi) is 7.88. The Bertz CT molecular complexity index is 405. The second-order valence-electron chi connectivity index (χ2n) is 5.84. The van der Waals surface area contributed by atoms with Crippen molar-refractivity contribution in [2.45, 2.75) is 58.9 Å². The van der Waals surface area contributed by atoms with Crippen LogP contribution in [-0.4, -0.2) is 23.7 Å². The van der Waals surface area contributed by atoms with Gasteiger partial charge in [-0.15, -0.1) is 0 Å². The van der Waals surface area contributed by atoms with E-state index in [4.69, 9.17) is 5.11 Å². The van der Waals surface area contributed by atoms with Gasteiger partial charge >= 0.3 is 5.97 Å². The first-order chi connectivity index (χ1) is 10.1. The molecule has 1 N–H and O–H groups in total. The number of anilines is 1. The zero-order chi connectivity index (χ0) is 15.7. The van der Waals surface area contributed by atoms with Crippen LogP contribution in [0.4, 0.5) is 5.69 Å². The molecule has 1 aromatic carbocycles. The SMILES string of the molecule is CCC(C)CC(CC)N(CCCC(=O)O)c1ccccc1. The van der Waals surface area contributed by atoms with E-state index in [9.17, 15) is 4.79 Å². The molecule has 0 aliphatic carbocycles. The number of para-hydroxylation sites is 1. The Morgan fingerprint density at radius 1 is 1.19 bits per heavy atom. The van der Waals surface area contributed by atoms with E-state index in [1.54, 1.807) is 0 Å². The van der Waals surface area contributed by atoms with E-state index in [-0.39, 0.29) is 6.42 Å². The average molecular weight is 291 g/mol. The van der Waals surface area contributed by atoms with Crippen molar-refractivity contribution in [3.8, 4) is 0 Å². The molecule has 0 saturated carbocycles. The van der Waals surface area contributed by atoms with Crippen LogP contribution in [0.3, 0.4) is 0 Å². The van der Waals surface area contributed by atoms with E-state index in [1.807, 2.05) is 6.07 Å². The molecule has 118 valence electrons. The minimum atomic E-state index is -0.710. The number of hydrogen-bond acceptors (Lipinski definition) is 2. The molecule has 1 aromatic rings. The summed E-state index contributed by atoms with van der Waals surface area (Å²) in [6.07, 6.45) is 4.37. The molecule has 0 aromatic heterocycles. The maximum absolute atomic E-state index is 10.8. The topological polar surface area (TPSA) is 40.5 Å². The lowest BCUT2D eigenvalue weighted by Crippen LogP contribution is -2.37. The summed E-state index contributed by atoms with van der Waals surface area (Å²) in [5, 5.41) is 8.86. The first-order valence-electron chi connectivity index (χ1n) is 8.11. The minimum Gasteiger partial charge on any atom is -0.481 e. The van der Waals surface area contributed by atoms with Crippen LogP contribution in [0.25, 0.3) is 0 Å². The fraction of sp³-hybridized carbons (Fsp3) is 0.611. The van der Waals surface area contributed by atoms with Crippen molar-refractivity contribution >= 4 is 11.7 Å². The third-order valence-corrected chi connectivity index (χ3v) is 4.16. The monoisotopic (exact) mass is 291 g/mol. The van der Waals surface area contributed by atoms with Crippen LogP contribution in [0.5, 0.6) is 0 Å². The van der Waals surface area contributed by atoms with Crippen molar-refractivity contribution < 1.29 is 9.90 Å². The zero-order valence-corrected chi connectivity index (χ0v) is 13.6. The van der Waals surface area contributed by atoms with Crippen LogP contribution >= 0.6 is 0 Å². The van der Waals surface area contributed by atoms with Crippen molar-refractivity contribution in [1.82, 2.24) is 0 Å². The van der Waals surface area contributed by atoms with Gasteiger partial charge in [-0.3, -0.25) is 4.79 Å². The number of carbonyl (C=O) groups is 1. The van der Waals surface area contributed by atoms with Crippen LogP contribution in [0.1, 0.15) is 52.9 Å². The van der Waals surface area contributed by atoms with Crippen LogP contribution in [-0.2, 0) is 4.79 Å². The molecule has 0 fully saturated rings. The summed E-state index contributed by atoms with van der Waals surface area (Å²) in [6.45, 7) is 7.56. The Morgan fingerprint density at radius 2 is 1.86 bits per heavy atom. The molecule has 21 heavy (non-hydrogen) atoms. The molecule has 0 aliphatic rings. The predicted molar refractivity (Wildman–Crippen MR) is 88.8 cm³/mol. The highest BCUT2D eigenvalue weighted by Gasteiger charge is 2.19. The summed E-state index contributed by atoms with van der Waals surface area (Å²) in [5.41, 5.74) is 1.21. The zero-order valence-electron chi connectivity index (χ0n) is 13.6. The molecule has 0 amide bonds. The van der Waals surface area contributed by atoms with Gasteiger partial charge in [0.15, 0.2) is 0 Å². The molecule has 1 rings (SSSR count). The van der Waals surface area contributed by atoms with Gasteiger partial charge in [0.25, 0.3) is 0 Å². The molecule has 0 heterocycles. The molecule has 3 nitrogen and oxygen atoms in total. The van der Waals surface area contributed by atoms with Gasteiger partial charge in [-0.1, -0.05) is 45.4 Å². The van der Waals surface area contributed by atoms with Crippen molar-refractivity contribution in [1.29, 1.82) is 0 Å². The third kappa shape index (κ3) is 6.19. The average Bonchev–Trinajstić information content (AvgIpc) is 2.50. The smallest absolute Gasteiger partial charge is 0.303 e. The first-order valence-corrected chi connectivity index (χ1v) is 8.11. The lowest BCUT2D eigenvalue weighted by molar-refractivity contribution is -0.137. The number of benzene rings is 1. The summed E-state index contributed by atoms with van der Waals surface area (Å²) >= 11 is 0. The van der Waals surface area contributed by atoms with Crippen LogP contribution < -0.4 is 4.90 Å². The minimum absolute atomic E-state index is 0.239. The standard InChI is InChI=1S/C18H29NO2/c1-4-15(3)14-16(5-2)19(13-9-12-18(20)21)17-10-7-6-8-11-17/h6-8,10-11,15-16H,4-5,9,12-14H2,1-3H3,(H,20,21). The Hall–Kier alpha value is -1.51. The fourth-order valence-electron chi connectivity index (χ4n) is 2.69. The van der Waals surface area contributed by atoms with Gasteiger partial charge in [-0.25, -0.2) is 0 Å². The van der Waals surface area contributed by atoms with E-state index >= 15 is 0 Å². The van der Waals surface area contributed by atoms with Gasteiger partial charge in [0, 0.05) is 24.7 Å². The van der Waals surface area contributed by atoms with Crippen molar-refractivity contribution in [2.75, 3.05) is 11.4 Å². The van der Waals surface area contributed by atoms with E-state index in [0.29, 0.717) is 18.4 Å². The second-order valence-corrected chi connectivity index (χ2v) is 5.84. The number of carboxylic acids is 1. The van der Waals surface area contributed by atoms with Gasteiger partial charge in [0.2, 0.25) is 0 Å². The summed E-state index contributed by atoms with van der Waals surface area (Å²) in [5.74, 6) is -0.0152. The first kappa shape index (κ1) is 17.5. The Labute approximate surface area is 129 Å². The highest BCUT2D eigenvalue weighted by Crippen LogP contribution is 2.24. The van der Waals surface area contributed by atoms with E-state index in [2.05, 4.69) is 49.9 Å². The maximum Gasteiger partial charge on any atom is 0.303 e. The summed E-state index contributed by atoms with van der Waals surface area (Å²) in [7, 11) is 0. The highest BCUT2D eigenvalue weighted by molar-refractivity contribution is 5.66. The van der Waals surface area contributed by atoms with Crippen molar-refractivity contribution in [3.05, 3.63) is 30.3 Å². The lowest BCUT2D eigenvalue weighted by Gasteiger charge is -2.35.